The molecule has 0 aromatic heterocycles. The number of hydrogen-bond donors (Lipinski definition) is 0. The molecule has 7 heteroatoms. The van der Waals surface area contributed by atoms with Crippen molar-refractivity contribution in [3.63, 3.8) is 0 Å². The van der Waals surface area contributed by atoms with Crippen molar-refractivity contribution in [2.75, 3.05) is 25.3 Å². The van der Waals surface area contributed by atoms with Gasteiger partial charge in [-0.2, -0.15) is 0 Å². The topological polar surface area (TPSA) is 55.6 Å². The third-order valence-electron chi connectivity index (χ3n) is 3.41. The molecular formula is C16H17FN2O3S. The minimum Gasteiger partial charge on any atom is -0.496 e. The van der Waals surface area contributed by atoms with Gasteiger partial charge in [0.2, 0.25) is 0 Å². The van der Waals surface area contributed by atoms with E-state index in [-0.39, 0.29) is 11.4 Å². The number of rotatable bonds is 6. The number of methoxy groups -OCH3 is 1. The summed E-state index contributed by atoms with van der Waals surface area (Å²) in [5, 5.41) is 11.1. The van der Waals surface area contributed by atoms with Crippen LogP contribution in [0.3, 0.4) is 0 Å². The number of halogens is 1. The fraction of sp³-hybridized carbons (Fsp3) is 0.250. The molecule has 0 N–H and O–H groups in total. The standard InChI is InChI=1S/C16H17FN2O3S/c1-18(14-9-12(17)5-6-13(14)19(20)21)10-11-4-7-16(23-3)15(8-11)22-2/h4-9H,10H2,1-3H3. The maximum atomic E-state index is 13.5. The monoisotopic (exact) mass is 336 g/mol. The van der Waals surface area contributed by atoms with E-state index in [1.54, 1.807) is 30.8 Å². The Labute approximate surface area is 138 Å². The predicted molar refractivity (Wildman–Crippen MR) is 89.9 cm³/mol. The molecule has 0 aliphatic rings. The molecule has 2 rings (SSSR count). The molecule has 0 bridgehead atoms. The lowest BCUT2D eigenvalue weighted by atomic mass is 10.1. The van der Waals surface area contributed by atoms with Crippen LogP contribution in [0.5, 0.6) is 5.75 Å². The zero-order valence-electron chi connectivity index (χ0n) is 13.1. The number of hydrogen-bond acceptors (Lipinski definition) is 5. The van der Waals surface area contributed by atoms with Crippen LogP contribution in [0.25, 0.3) is 0 Å². The highest BCUT2D eigenvalue weighted by atomic mass is 32.2. The van der Waals surface area contributed by atoms with E-state index in [1.165, 1.54) is 12.1 Å². The van der Waals surface area contributed by atoms with E-state index in [9.17, 15) is 14.5 Å². The lowest BCUT2D eigenvalue weighted by Gasteiger charge is -2.20. The SMILES string of the molecule is COc1cc(CN(C)c2cc(F)ccc2[N+](=O)[O-])ccc1SC. The molecule has 2 aromatic carbocycles. The van der Waals surface area contributed by atoms with Crippen molar-refractivity contribution in [3.05, 3.63) is 57.9 Å². The quantitative estimate of drug-likeness (QED) is 0.451. The number of thioether (sulfide) groups is 1. The van der Waals surface area contributed by atoms with E-state index in [0.29, 0.717) is 6.54 Å². The number of benzene rings is 2. The second kappa shape index (κ2) is 7.32. The van der Waals surface area contributed by atoms with Crippen molar-refractivity contribution in [1.82, 2.24) is 0 Å². The smallest absolute Gasteiger partial charge is 0.292 e. The molecule has 0 saturated heterocycles. The van der Waals surface area contributed by atoms with Crippen molar-refractivity contribution >= 4 is 23.1 Å². The minimum absolute atomic E-state index is 0.124. The molecule has 0 atom stereocenters. The Morgan fingerprint density at radius 3 is 2.65 bits per heavy atom. The van der Waals surface area contributed by atoms with Gasteiger partial charge in [0.15, 0.2) is 0 Å². The number of ether oxygens (including phenoxy) is 1. The van der Waals surface area contributed by atoms with Gasteiger partial charge in [-0.3, -0.25) is 10.1 Å². The van der Waals surface area contributed by atoms with Crippen LogP contribution in [0.2, 0.25) is 0 Å². The lowest BCUT2D eigenvalue weighted by molar-refractivity contribution is -0.384. The first-order valence-corrected chi connectivity index (χ1v) is 8.04. The molecule has 23 heavy (non-hydrogen) atoms. The zero-order chi connectivity index (χ0) is 17.0. The van der Waals surface area contributed by atoms with Gasteiger partial charge >= 0.3 is 0 Å². The van der Waals surface area contributed by atoms with Crippen LogP contribution >= 0.6 is 11.8 Å². The second-order valence-corrected chi connectivity index (χ2v) is 5.78. The van der Waals surface area contributed by atoms with E-state index >= 15 is 0 Å². The third-order valence-corrected chi connectivity index (χ3v) is 4.19. The average Bonchev–Trinajstić information content (AvgIpc) is 2.54. The highest BCUT2D eigenvalue weighted by Crippen LogP contribution is 2.31. The average molecular weight is 336 g/mol. The molecule has 0 fully saturated rings. The Morgan fingerprint density at radius 1 is 1.30 bits per heavy atom. The minimum atomic E-state index is -0.511. The Kier molecular flexibility index (Phi) is 5.44. The van der Waals surface area contributed by atoms with Crippen molar-refractivity contribution in [2.24, 2.45) is 0 Å². The highest BCUT2D eigenvalue weighted by Gasteiger charge is 2.18. The van der Waals surface area contributed by atoms with Gasteiger partial charge in [-0.1, -0.05) is 6.07 Å². The van der Waals surface area contributed by atoms with E-state index < -0.39 is 10.7 Å². The van der Waals surface area contributed by atoms with Crippen molar-refractivity contribution in [1.29, 1.82) is 0 Å². The van der Waals surface area contributed by atoms with E-state index in [0.717, 1.165) is 22.3 Å². The van der Waals surface area contributed by atoms with E-state index in [4.69, 9.17) is 4.74 Å². The van der Waals surface area contributed by atoms with E-state index in [1.807, 2.05) is 24.5 Å². The Hall–Kier alpha value is -2.28. The first-order chi connectivity index (χ1) is 11.0. The van der Waals surface area contributed by atoms with Gasteiger partial charge in [0.25, 0.3) is 5.69 Å². The maximum Gasteiger partial charge on any atom is 0.292 e. The molecule has 0 unspecified atom stereocenters. The number of nitrogens with zero attached hydrogens (tertiary/aromatic N) is 2. The molecule has 0 radical (unpaired) electrons. The molecule has 0 heterocycles. The summed E-state index contributed by atoms with van der Waals surface area (Å²) in [4.78, 5) is 13.3. The van der Waals surface area contributed by atoms with Crippen molar-refractivity contribution in [3.8, 4) is 5.75 Å². The first kappa shape index (κ1) is 17.1. The van der Waals surface area contributed by atoms with Gasteiger partial charge < -0.3 is 9.64 Å². The van der Waals surface area contributed by atoms with Crippen LogP contribution in [-0.2, 0) is 6.54 Å². The van der Waals surface area contributed by atoms with Crippen LogP contribution < -0.4 is 9.64 Å². The number of nitro groups is 1. The summed E-state index contributed by atoms with van der Waals surface area (Å²) in [5.41, 5.74) is 1.03. The molecule has 5 nitrogen and oxygen atoms in total. The molecule has 0 spiro atoms. The van der Waals surface area contributed by atoms with Gasteiger partial charge in [0.1, 0.15) is 17.3 Å². The zero-order valence-corrected chi connectivity index (χ0v) is 13.9. The van der Waals surface area contributed by atoms with Gasteiger partial charge in [0.05, 0.1) is 12.0 Å². The van der Waals surface area contributed by atoms with Crippen LogP contribution in [0.15, 0.2) is 41.3 Å². The summed E-state index contributed by atoms with van der Waals surface area (Å²) < 4.78 is 18.8. The highest BCUT2D eigenvalue weighted by molar-refractivity contribution is 7.98. The van der Waals surface area contributed by atoms with Crippen molar-refractivity contribution in [2.45, 2.75) is 11.4 Å². The second-order valence-electron chi connectivity index (χ2n) is 4.94. The Morgan fingerprint density at radius 2 is 2.04 bits per heavy atom. The summed E-state index contributed by atoms with van der Waals surface area (Å²) in [6.45, 7) is 0.398. The summed E-state index contributed by atoms with van der Waals surface area (Å²) in [7, 11) is 3.29. The molecule has 0 aliphatic heterocycles. The van der Waals surface area contributed by atoms with Crippen LogP contribution in [-0.4, -0.2) is 25.3 Å². The fourth-order valence-electron chi connectivity index (χ4n) is 2.29. The van der Waals surface area contributed by atoms with Crippen LogP contribution in [0.1, 0.15) is 5.56 Å². The van der Waals surface area contributed by atoms with Gasteiger partial charge in [-0.25, -0.2) is 4.39 Å². The molecule has 0 amide bonds. The van der Waals surface area contributed by atoms with Gasteiger partial charge in [-0.05, 0) is 30.0 Å². The molecular weight excluding hydrogens is 319 g/mol. The largest absolute Gasteiger partial charge is 0.496 e. The van der Waals surface area contributed by atoms with E-state index in [2.05, 4.69) is 0 Å². The fourth-order valence-corrected chi connectivity index (χ4v) is 2.84. The number of nitro benzene ring substituents is 1. The Bertz CT molecular complexity index is 724. The molecule has 2 aromatic rings. The van der Waals surface area contributed by atoms with Gasteiger partial charge in [-0.15, -0.1) is 11.8 Å². The summed E-state index contributed by atoms with van der Waals surface area (Å²) in [5.74, 6) is 0.241. The lowest BCUT2D eigenvalue weighted by Crippen LogP contribution is -2.18. The molecule has 0 aliphatic carbocycles. The Balaban J connectivity index is 2.30. The maximum absolute atomic E-state index is 13.5. The molecule has 122 valence electrons. The normalized spacial score (nSPS) is 10.4. The first-order valence-electron chi connectivity index (χ1n) is 6.82. The predicted octanol–water partition coefficient (Wildman–Crippen LogP) is 4.10. The number of anilines is 1. The van der Waals surface area contributed by atoms with Gasteiger partial charge in [0, 0.05) is 30.6 Å². The third kappa shape index (κ3) is 3.92. The van der Waals surface area contributed by atoms with Crippen LogP contribution in [0.4, 0.5) is 15.8 Å². The summed E-state index contributed by atoms with van der Waals surface area (Å²) >= 11 is 1.57. The summed E-state index contributed by atoms with van der Waals surface area (Å²) in [6.07, 6.45) is 1.96. The molecule has 0 saturated carbocycles. The van der Waals surface area contributed by atoms with Crippen molar-refractivity contribution < 1.29 is 14.1 Å². The van der Waals surface area contributed by atoms with Crippen LogP contribution in [0, 0.1) is 15.9 Å². The summed E-state index contributed by atoms with van der Waals surface area (Å²) in [6, 6.07) is 9.19.